The van der Waals surface area contributed by atoms with Crippen LogP contribution in [-0.2, 0) is 0 Å². The van der Waals surface area contributed by atoms with Gasteiger partial charge < -0.3 is 4.90 Å². The molecule has 4 heteroatoms. The van der Waals surface area contributed by atoms with E-state index < -0.39 is 0 Å². The van der Waals surface area contributed by atoms with Gasteiger partial charge in [0.1, 0.15) is 5.69 Å². The molecule has 0 amide bonds. The molecule has 0 saturated carbocycles. The average Bonchev–Trinajstić information content (AvgIpc) is 3.49. The van der Waals surface area contributed by atoms with Crippen LogP contribution in [0.3, 0.4) is 0 Å². The summed E-state index contributed by atoms with van der Waals surface area (Å²) in [7, 11) is 0. The molecule has 0 unspecified atom stereocenters. The molecule has 2 aromatic carbocycles. The van der Waals surface area contributed by atoms with Crippen molar-refractivity contribution in [1.82, 2.24) is 9.88 Å². The Hall–Kier alpha value is -3.27. The Morgan fingerprint density at radius 2 is 1.68 bits per heavy atom. The van der Waals surface area contributed by atoms with E-state index >= 15 is 0 Å². The maximum absolute atomic E-state index is 12.7. The Kier molecular flexibility index (Phi) is 2.88. The van der Waals surface area contributed by atoms with Gasteiger partial charge in [0.2, 0.25) is 5.78 Å². The number of ketones is 2. The van der Waals surface area contributed by atoms with Gasteiger partial charge in [-0.25, -0.2) is 4.98 Å². The monoisotopic (exact) mass is 326 g/mol. The zero-order chi connectivity index (χ0) is 17.0. The van der Waals surface area contributed by atoms with Gasteiger partial charge >= 0.3 is 0 Å². The normalized spacial score (nSPS) is 16.0. The molecular formula is C21H14N2O2. The van der Waals surface area contributed by atoms with E-state index in [1.807, 2.05) is 41.3 Å². The Labute approximate surface area is 144 Å². The van der Waals surface area contributed by atoms with E-state index in [1.54, 1.807) is 6.07 Å². The topological polar surface area (TPSA) is 50.0 Å². The standard InChI is InChI=1S/C21H14N2O2/c24-19-12-18(23-9-10-23)21(25)20-16(19)7-8-17(22-20)15-6-5-13-3-1-2-4-14(13)11-15/h1-8,11-12H,9-10H2. The molecule has 2 heterocycles. The third kappa shape index (κ3) is 2.26. The van der Waals surface area contributed by atoms with Crippen LogP contribution in [0.15, 0.2) is 66.4 Å². The van der Waals surface area contributed by atoms with E-state index in [2.05, 4.69) is 17.1 Å². The Morgan fingerprint density at radius 3 is 2.48 bits per heavy atom. The number of pyridine rings is 1. The minimum atomic E-state index is -0.158. The SMILES string of the molecule is O=C1C=C(N2CC2)C(=O)c2nc(-c3ccc4ccccc4c3)ccc21. The molecule has 1 aromatic heterocycles. The smallest absolute Gasteiger partial charge is 0.228 e. The van der Waals surface area contributed by atoms with E-state index in [4.69, 9.17) is 0 Å². The quantitative estimate of drug-likeness (QED) is 0.677. The summed E-state index contributed by atoms with van der Waals surface area (Å²) >= 11 is 0. The molecule has 1 aliphatic heterocycles. The van der Waals surface area contributed by atoms with Crippen molar-refractivity contribution in [2.24, 2.45) is 0 Å². The lowest BCUT2D eigenvalue weighted by molar-refractivity contribution is 0.0966. The molecule has 0 radical (unpaired) electrons. The predicted octanol–water partition coefficient (Wildman–Crippen LogP) is 3.48. The number of hydrogen-bond acceptors (Lipinski definition) is 4. The van der Waals surface area contributed by atoms with Crippen molar-refractivity contribution in [2.45, 2.75) is 0 Å². The van der Waals surface area contributed by atoms with E-state index in [0.29, 0.717) is 17.0 Å². The zero-order valence-corrected chi connectivity index (χ0v) is 13.4. The zero-order valence-electron chi connectivity index (χ0n) is 13.4. The van der Waals surface area contributed by atoms with Gasteiger partial charge in [0.05, 0.1) is 17.0 Å². The molecule has 5 rings (SSSR count). The molecule has 25 heavy (non-hydrogen) atoms. The van der Waals surface area contributed by atoms with Crippen LogP contribution >= 0.6 is 0 Å². The number of fused-ring (bicyclic) bond motifs is 2. The molecule has 1 saturated heterocycles. The fraction of sp³-hybridized carbons (Fsp3) is 0.0952. The first kappa shape index (κ1) is 14.1. The lowest BCUT2D eigenvalue weighted by atomic mass is 9.95. The Balaban J connectivity index is 1.62. The number of carbonyl (C=O) groups is 2. The van der Waals surface area contributed by atoms with Gasteiger partial charge in [-0.15, -0.1) is 0 Å². The Bertz CT molecular complexity index is 1090. The third-order valence-corrected chi connectivity index (χ3v) is 4.71. The summed E-state index contributed by atoms with van der Waals surface area (Å²) in [5.41, 5.74) is 2.77. The van der Waals surface area contributed by atoms with Crippen molar-refractivity contribution in [1.29, 1.82) is 0 Å². The van der Waals surface area contributed by atoms with Crippen molar-refractivity contribution in [3.8, 4) is 11.3 Å². The number of carbonyl (C=O) groups excluding carboxylic acids is 2. The van der Waals surface area contributed by atoms with E-state index in [-0.39, 0.29) is 17.3 Å². The van der Waals surface area contributed by atoms with Crippen LogP contribution in [0, 0.1) is 0 Å². The largest absolute Gasteiger partial charge is 0.365 e. The lowest BCUT2D eigenvalue weighted by Gasteiger charge is -2.16. The van der Waals surface area contributed by atoms with Crippen molar-refractivity contribution in [3.63, 3.8) is 0 Å². The second-order valence-electron chi connectivity index (χ2n) is 6.36. The van der Waals surface area contributed by atoms with Crippen molar-refractivity contribution < 1.29 is 9.59 Å². The molecule has 1 aliphatic carbocycles. The van der Waals surface area contributed by atoms with Crippen LogP contribution in [0.1, 0.15) is 20.8 Å². The van der Waals surface area contributed by atoms with Gasteiger partial charge in [-0.1, -0.05) is 36.4 Å². The van der Waals surface area contributed by atoms with Crippen LogP contribution < -0.4 is 0 Å². The minimum Gasteiger partial charge on any atom is -0.365 e. The fourth-order valence-electron chi connectivity index (χ4n) is 3.26. The van der Waals surface area contributed by atoms with Crippen LogP contribution in [0.25, 0.3) is 22.0 Å². The van der Waals surface area contributed by atoms with E-state index in [9.17, 15) is 9.59 Å². The van der Waals surface area contributed by atoms with Gasteiger partial charge in [0, 0.05) is 24.7 Å². The molecule has 4 nitrogen and oxygen atoms in total. The van der Waals surface area contributed by atoms with Crippen LogP contribution in [0.4, 0.5) is 0 Å². The first-order valence-electron chi connectivity index (χ1n) is 8.26. The molecule has 0 atom stereocenters. The van der Waals surface area contributed by atoms with Gasteiger partial charge in [-0.3, -0.25) is 9.59 Å². The highest BCUT2D eigenvalue weighted by molar-refractivity contribution is 6.23. The molecule has 3 aromatic rings. The number of hydrogen-bond donors (Lipinski definition) is 0. The molecule has 2 aliphatic rings. The van der Waals surface area contributed by atoms with Crippen LogP contribution in [-0.4, -0.2) is 34.5 Å². The molecule has 0 bridgehead atoms. The summed E-state index contributed by atoms with van der Waals surface area (Å²) in [6.45, 7) is 1.65. The van der Waals surface area contributed by atoms with Crippen LogP contribution in [0.2, 0.25) is 0 Å². The Morgan fingerprint density at radius 1 is 0.880 bits per heavy atom. The highest BCUT2D eigenvalue weighted by Gasteiger charge is 2.34. The summed E-state index contributed by atoms with van der Waals surface area (Å²) < 4.78 is 0. The number of rotatable bonds is 2. The molecule has 0 N–H and O–H groups in total. The van der Waals surface area contributed by atoms with Gasteiger partial charge in [0.25, 0.3) is 0 Å². The molecule has 120 valence electrons. The van der Waals surface area contributed by atoms with Crippen molar-refractivity contribution in [3.05, 3.63) is 77.6 Å². The lowest BCUT2D eigenvalue weighted by Crippen LogP contribution is -2.22. The maximum Gasteiger partial charge on any atom is 0.228 e. The summed E-state index contributed by atoms with van der Waals surface area (Å²) in [5, 5.41) is 2.27. The predicted molar refractivity (Wildman–Crippen MR) is 95.5 cm³/mol. The second kappa shape index (κ2) is 5.11. The van der Waals surface area contributed by atoms with Gasteiger partial charge in [-0.05, 0) is 29.0 Å². The maximum atomic E-state index is 12.7. The third-order valence-electron chi connectivity index (χ3n) is 4.71. The molecular weight excluding hydrogens is 312 g/mol. The summed E-state index contributed by atoms with van der Waals surface area (Å²) in [6, 6.07) is 17.7. The van der Waals surface area contributed by atoms with Crippen molar-refractivity contribution in [2.75, 3.05) is 13.1 Å². The first-order valence-corrected chi connectivity index (χ1v) is 8.26. The molecule has 0 spiro atoms. The average molecular weight is 326 g/mol. The second-order valence-corrected chi connectivity index (χ2v) is 6.36. The number of allylic oxidation sites excluding steroid dienone is 2. The van der Waals surface area contributed by atoms with Crippen LogP contribution in [0.5, 0.6) is 0 Å². The number of aromatic nitrogens is 1. The highest BCUT2D eigenvalue weighted by atomic mass is 16.1. The van der Waals surface area contributed by atoms with E-state index in [0.717, 1.165) is 29.4 Å². The summed E-state index contributed by atoms with van der Waals surface area (Å²) in [6.07, 6.45) is 1.44. The van der Waals surface area contributed by atoms with Crippen molar-refractivity contribution >= 4 is 22.3 Å². The summed E-state index contributed by atoms with van der Waals surface area (Å²) in [4.78, 5) is 31.5. The molecule has 1 fully saturated rings. The minimum absolute atomic E-state index is 0.144. The number of nitrogens with zero attached hydrogens (tertiary/aromatic N) is 2. The van der Waals surface area contributed by atoms with Gasteiger partial charge in [-0.2, -0.15) is 0 Å². The van der Waals surface area contributed by atoms with Gasteiger partial charge in [0.15, 0.2) is 5.78 Å². The fourth-order valence-corrected chi connectivity index (χ4v) is 3.26. The first-order chi connectivity index (χ1) is 12.2. The summed E-state index contributed by atoms with van der Waals surface area (Å²) in [5.74, 6) is -0.302. The number of benzene rings is 2. The number of Topliss-reactive ketones (excluding diaryl/α,β-unsaturated/α-hetero) is 1. The van der Waals surface area contributed by atoms with E-state index in [1.165, 1.54) is 6.08 Å². The highest BCUT2D eigenvalue weighted by Crippen LogP contribution is 2.29.